The van der Waals surface area contributed by atoms with E-state index in [0.717, 1.165) is 12.0 Å². The predicted molar refractivity (Wildman–Crippen MR) is 55.8 cm³/mol. The summed E-state index contributed by atoms with van der Waals surface area (Å²) in [7, 11) is 0. The molecule has 76 valence electrons. The summed E-state index contributed by atoms with van der Waals surface area (Å²) in [6.07, 6.45) is 4.07. The van der Waals surface area contributed by atoms with E-state index in [0.29, 0.717) is 5.41 Å². The third-order valence-electron chi connectivity index (χ3n) is 3.71. The van der Waals surface area contributed by atoms with E-state index in [9.17, 15) is 0 Å². The summed E-state index contributed by atoms with van der Waals surface area (Å²) in [6.45, 7) is 8.40. The van der Waals surface area contributed by atoms with Gasteiger partial charge in [-0.25, -0.2) is 0 Å². The van der Waals surface area contributed by atoms with Gasteiger partial charge in [-0.05, 0) is 43.7 Å². The molecule has 2 nitrogen and oxygen atoms in total. The largest absolute Gasteiger partial charge is 0.317 e. The zero-order valence-corrected chi connectivity index (χ0v) is 8.90. The fourth-order valence-electron chi connectivity index (χ4n) is 2.19. The molecule has 0 spiro atoms. The molecule has 1 aliphatic heterocycles. The zero-order chi connectivity index (χ0) is 9.31. The van der Waals surface area contributed by atoms with E-state index >= 15 is 0 Å². The van der Waals surface area contributed by atoms with E-state index in [1.165, 1.54) is 38.9 Å². The first-order valence-corrected chi connectivity index (χ1v) is 5.64. The minimum Gasteiger partial charge on any atom is -0.317 e. The van der Waals surface area contributed by atoms with Gasteiger partial charge in [0.1, 0.15) is 0 Å². The molecular formula is C11H22N2. The van der Waals surface area contributed by atoms with Crippen molar-refractivity contribution in [2.24, 2.45) is 11.3 Å². The van der Waals surface area contributed by atoms with Gasteiger partial charge in [-0.15, -0.1) is 0 Å². The fourth-order valence-corrected chi connectivity index (χ4v) is 2.19. The first-order valence-electron chi connectivity index (χ1n) is 5.64. The Bertz CT molecular complexity index is 173. The lowest BCUT2D eigenvalue weighted by Gasteiger charge is -2.34. The van der Waals surface area contributed by atoms with Gasteiger partial charge in [0.15, 0.2) is 0 Å². The van der Waals surface area contributed by atoms with Crippen molar-refractivity contribution < 1.29 is 0 Å². The quantitative estimate of drug-likeness (QED) is 0.689. The highest BCUT2D eigenvalue weighted by Gasteiger charge is 2.34. The molecule has 0 radical (unpaired) electrons. The Hall–Kier alpha value is -0.0800. The van der Waals surface area contributed by atoms with Crippen LogP contribution in [-0.4, -0.2) is 25.7 Å². The molecular weight excluding hydrogens is 160 g/mol. The Labute approximate surface area is 81.5 Å². The molecule has 2 N–H and O–H groups in total. The van der Waals surface area contributed by atoms with Gasteiger partial charge in [0.2, 0.25) is 0 Å². The molecule has 1 heterocycles. The van der Waals surface area contributed by atoms with E-state index < -0.39 is 0 Å². The standard InChI is InChI=1S/C11H22N2/c1-9-7-10(9)13-8-11(2)3-5-12-6-4-11/h9-10,12-13H,3-8H2,1-2H3. The fraction of sp³-hybridized carbons (Fsp3) is 1.00. The molecule has 2 aliphatic rings. The third kappa shape index (κ3) is 2.44. The highest BCUT2D eigenvalue weighted by atomic mass is 15.0. The molecule has 0 bridgehead atoms. The normalized spacial score (nSPS) is 37.4. The summed E-state index contributed by atoms with van der Waals surface area (Å²) in [5.74, 6) is 0.935. The summed E-state index contributed by atoms with van der Waals surface area (Å²) in [5.41, 5.74) is 0.563. The predicted octanol–water partition coefficient (Wildman–Crippen LogP) is 1.37. The van der Waals surface area contributed by atoms with E-state index in [1.54, 1.807) is 0 Å². The average molecular weight is 182 g/mol. The van der Waals surface area contributed by atoms with Crippen LogP contribution in [-0.2, 0) is 0 Å². The van der Waals surface area contributed by atoms with Crippen molar-refractivity contribution >= 4 is 0 Å². The SMILES string of the molecule is CC1CC1NCC1(C)CCNCC1. The van der Waals surface area contributed by atoms with Gasteiger partial charge in [0.25, 0.3) is 0 Å². The number of hydrogen-bond acceptors (Lipinski definition) is 2. The first-order chi connectivity index (χ1) is 6.20. The van der Waals surface area contributed by atoms with Crippen molar-refractivity contribution in [2.75, 3.05) is 19.6 Å². The Morgan fingerprint density at radius 2 is 2.00 bits per heavy atom. The second-order valence-corrected chi connectivity index (χ2v) is 5.26. The van der Waals surface area contributed by atoms with Gasteiger partial charge in [-0.1, -0.05) is 13.8 Å². The number of rotatable bonds is 3. The molecule has 1 saturated carbocycles. The van der Waals surface area contributed by atoms with Crippen molar-refractivity contribution in [1.29, 1.82) is 0 Å². The molecule has 2 rings (SSSR count). The van der Waals surface area contributed by atoms with E-state index in [-0.39, 0.29) is 0 Å². The van der Waals surface area contributed by atoms with Crippen LogP contribution in [0.15, 0.2) is 0 Å². The average Bonchev–Trinajstić information content (AvgIpc) is 2.80. The molecule has 0 aromatic carbocycles. The van der Waals surface area contributed by atoms with Crippen LogP contribution in [0.1, 0.15) is 33.1 Å². The van der Waals surface area contributed by atoms with Crippen LogP contribution in [0.25, 0.3) is 0 Å². The maximum Gasteiger partial charge on any atom is 0.00966 e. The van der Waals surface area contributed by atoms with E-state index in [4.69, 9.17) is 0 Å². The molecule has 2 fully saturated rings. The lowest BCUT2D eigenvalue weighted by atomic mass is 9.81. The van der Waals surface area contributed by atoms with E-state index in [1.807, 2.05) is 0 Å². The van der Waals surface area contributed by atoms with Crippen LogP contribution in [0.3, 0.4) is 0 Å². The third-order valence-corrected chi connectivity index (χ3v) is 3.71. The van der Waals surface area contributed by atoms with Crippen LogP contribution < -0.4 is 10.6 Å². The number of piperidine rings is 1. The van der Waals surface area contributed by atoms with Gasteiger partial charge in [-0.2, -0.15) is 0 Å². The summed E-state index contributed by atoms with van der Waals surface area (Å²) in [4.78, 5) is 0. The van der Waals surface area contributed by atoms with Gasteiger partial charge in [-0.3, -0.25) is 0 Å². The lowest BCUT2D eigenvalue weighted by molar-refractivity contribution is 0.219. The lowest BCUT2D eigenvalue weighted by Crippen LogP contribution is -2.42. The van der Waals surface area contributed by atoms with Crippen LogP contribution in [0.5, 0.6) is 0 Å². The van der Waals surface area contributed by atoms with Gasteiger partial charge < -0.3 is 10.6 Å². The van der Waals surface area contributed by atoms with E-state index in [2.05, 4.69) is 24.5 Å². The first kappa shape index (κ1) is 9.47. The Morgan fingerprint density at radius 3 is 2.54 bits per heavy atom. The summed E-state index contributed by atoms with van der Waals surface area (Å²) in [6, 6.07) is 0.840. The van der Waals surface area contributed by atoms with Crippen LogP contribution in [0.2, 0.25) is 0 Å². The van der Waals surface area contributed by atoms with Crippen molar-refractivity contribution in [3.8, 4) is 0 Å². The molecule has 2 atom stereocenters. The second kappa shape index (κ2) is 3.58. The van der Waals surface area contributed by atoms with Crippen molar-refractivity contribution in [3.05, 3.63) is 0 Å². The van der Waals surface area contributed by atoms with Crippen LogP contribution in [0, 0.1) is 11.3 Å². The van der Waals surface area contributed by atoms with Gasteiger partial charge >= 0.3 is 0 Å². The Morgan fingerprint density at radius 1 is 1.38 bits per heavy atom. The van der Waals surface area contributed by atoms with Crippen LogP contribution >= 0.6 is 0 Å². The summed E-state index contributed by atoms with van der Waals surface area (Å²) < 4.78 is 0. The van der Waals surface area contributed by atoms with Crippen molar-refractivity contribution in [1.82, 2.24) is 10.6 Å². The Balaban J connectivity index is 1.72. The minimum atomic E-state index is 0.563. The smallest absolute Gasteiger partial charge is 0.00966 e. The van der Waals surface area contributed by atoms with Crippen molar-refractivity contribution in [2.45, 2.75) is 39.2 Å². The topological polar surface area (TPSA) is 24.1 Å². The minimum absolute atomic E-state index is 0.563. The number of hydrogen-bond donors (Lipinski definition) is 2. The molecule has 13 heavy (non-hydrogen) atoms. The van der Waals surface area contributed by atoms with Gasteiger partial charge in [0.05, 0.1) is 0 Å². The maximum atomic E-state index is 3.69. The highest BCUT2D eigenvalue weighted by Crippen LogP contribution is 2.32. The monoisotopic (exact) mass is 182 g/mol. The molecule has 0 aromatic rings. The summed E-state index contributed by atoms with van der Waals surface area (Å²) in [5, 5.41) is 7.11. The molecule has 1 aliphatic carbocycles. The van der Waals surface area contributed by atoms with Crippen molar-refractivity contribution in [3.63, 3.8) is 0 Å². The Kier molecular flexibility index (Phi) is 2.61. The molecule has 2 heteroatoms. The molecule has 1 saturated heterocycles. The van der Waals surface area contributed by atoms with Gasteiger partial charge in [0, 0.05) is 12.6 Å². The maximum absolute atomic E-state index is 3.69. The highest BCUT2D eigenvalue weighted by molar-refractivity contribution is 4.92. The second-order valence-electron chi connectivity index (χ2n) is 5.26. The molecule has 0 amide bonds. The summed E-state index contributed by atoms with van der Waals surface area (Å²) >= 11 is 0. The van der Waals surface area contributed by atoms with Crippen LogP contribution in [0.4, 0.5) is 0 Å². The molecule has 2 unspecified atom stereocenters. The molecule has 0 aromatic heterocycles. The zero-order valence-electron chi connectivity index (χ0n) is 8.90. The number of nitrogens with one attached hydrogen (secondary N) is 2.